The molecule has 5 N–H and O–H groups in total. The monoisotopic (exact) mass is 249 g/mol. The lowest BCUT2D eigenvalue weighted by Gasteiger charge is -2.09. The van der Waals surface area contributed by atoms with Gasteiger partial charge in [-0.3, -0.25) is 9.59 Å². The summed E-state index contributed by atoms with van der Waals surface area (Å²) in [5.74, 6) is -0.500. The number of carbonyl (C=O) groups is 2. The lowest BCUT2D eigenvalue weighted by atomic mass is 10.1. The Labute approximate surface area is 105 Å². The Morgan fingerprint density at radius 2 is 2.17 bits per heavy atom. The molecule has 0 aliphatic heterocycles. The molecule has 0 radical (unpaired) electrons. The van der Waals surface area contributed by atoms with E-state index in [0.29, 0.717) is 11.4 Å². The zero-order valence-electron chi connectivity index (χ0n) is 9.97. The van der Waals surface area contributed by atoms with Crippen LogP contribution in [0.25, 0.3) is 0 Å². The SMILES string of the molecule is COc1ccc(C(N)=O)cc1NC(=O)/C=C/CN. The number of nitrogens with one attached hydrogen (secondary N) is 1. The van der Waals surface area contributed by atoms with Crippen molar-refractivity contribution in [3.05, 3.63) is 35.9 Å². The second-order valence-electron chi connectivity index (χ2n) is 3.41. The summed E-state index contributed by atoms with van der Waals surface area (Å²) in [6, 6.07) is 4.53. The standard InChI is InChI=1S/C12H15N3O3/c1-18-10-5-4-8(12(14)17)7-9(10)15-11(16)3-2-6-13/h2-5,7H,6,13H2,1H3,(H2,14,17)(H,15,16)/b3-2+. The Bertz CT molecular complexity index is 483. The first-order valence-corrected chi connectivity index (χ1v) is 5.24. The van der Waals surface area contributed by atoms with Gasteiger partial charge in [0.25, 0.3) is 0 Å². The molecule has 0 unspecified atom stereocenters. The highest BCUT2D eigenvalue weighted by atomic mass is 16.5. The summed E-state index contributed by atoms with van der Waals surface area (Å²) in [5.41, 5.74) is 11.1. The fourth-order valence-electron chi connectivity index (χ4n) is 1.31. The number of rotatable bonds is 5. The molecule has 1 rings (SSSR count). The summed E-state index contributed by atoms with van der Waals surface area (Å²) in [7, 11) is 1.46. The molecule has 6 nitrogen and oxygen atoms in total. The van der Waals surface area contributed by atoms with Crippen molar-refractivity contribution in [3.8, 4) is 5.75 Å². The molecule has 0 saturated carbocycles. The predicted molar refractivity (Wildman–Crippen MR) is 68.3 cm³/mol. The summed E-state index contributed by atoms with van der Waals surface area (Å²) in [6.45, 7) is 0.270. The molecule has 2 amide bonds. The van der Waals surface area contributed by atoms with E-state index in [9.17, 15) is 9.59 Å². The highest BCUT2D eigenvalue weighted by Gasteiger charge is 2.09. The van der Waals surface area contributed by atoms with E-state index in [1.54, 1.807) is 6.07 Å². The zero-order chi connectivity index (χ0) is 13.5. The van der Waals surface area contributed by atoms with E-state index in [-0.39, 0.29) is 18.0 Å². The Balaban J connectivity index is 2.97. The average molecular weight is 249 g/mol. The summed E-state index contributed by atoms with van der Waals surface area (Å²) in [5, 5.41) is 2.58. The molecular weight excluding hydrogens is 234 g/mol. The maximum Gasteiger partial charge on any atom is 0.248 e. The quantitative estimate of drug-likeness (QED) is 0.650. The van der Waals surface area contributed by atoms with E-state index >= 15 is 0 Å². The predicted octanol–water partition coefficient (Wildman–Crippen LogP) is 0.248. The van der Waals surface area contributed by atoms with Gasteiger partial charge < -0.3 is 21.5 Å². The molecular formula is C12H15N3O3. The molecule has 0 saturated heterocycles. The van der Waals surface area contributed by atoms with Gasteiger partial charge >= 0.3 is 0 Å². The fraction of sp³-hybridized carbons (Fsp3) is 0.167. The summed E-state index contributed by atoms with van der Waals surface area (Å²) < 4.78 is 5.07. The van der Waals surface area contributed by atoms with Crippen LogP contribution < -0.4 is 21.5 Å². The zero-order valence-corrected chi connectivity index (χ0v) is 9.97. The van der Waals surface area contributed by atoms with Crippen molar-refractivity contribution in [2.75, 3.05) is 19.0 Å². The summed E-state index contributed by atoms with van der Waals surface area (Å²) in [4.78, 5) is 22.5. The molecule has 0 aliphatic carbocycles. The van der Waals surface area contributed by atoms with E-state index in [1.165, 1.54) is 31.4 Å². The largest absolute Gasteiger partial charge is 0.495 e. The molecule has 6 heteroatoms. The van der Waals surface area contributed by atoms with Gasteiger partial charge in [-0.05, 0) is 18.2 Å². The van der Waals surface area contributed by atoms with Crippen molar-refractivity contribution in [1.82, 2.24) is 0 Å². The van der Waals surface area contributed by atoms with Gasteiger partial charge in [-0.1, -0.05) is 6.08 Å². The van der Waals surface area contributed by atoms with Crippen LogP contribution in [0.2, 0.25) is 0 Å². The third-order valence-electron chi connectivity index (χ3n) is 2.15. The number of hydrogen-bond acceptors (Lipinski definition) is 4. The summed E-state index contributed by atoms with van der Waals surface area (Å²) >= 11 is 0. The van der Waals surface area contributed by atoms with Gasteiger partial charge in [0.05, 0.1) is 12.8 Å². The second kappa shape index (κ2) is 6.41. The van der Waals surface area contributed by atoms with Gasteiger partial charge in [0.15, 0.2) is 0 Å². The molecule has 0 atom stereocenters. The normalized spacial score (nSPS) is 10.3. The fourth-order valence-corrected chi connectivity index (χ4v) is 1.31. The van der Waals surface area contributed by atoms with Crippen molar-refractivity contribution >= 4 is 17.5 Å². The number of benzene rings is 1. The van der Waals surface area contributed by atoms with Crippen molar-refractivity contribution in [3.63, 3.8) is 0 Å². The molecule has 18 heavy (non-hydrogen) atoms. The third kappa shape index (κ3) is 3.60. The second-order valence-corrected chi connectivity index (χ2v) is 3.41. The number of carbonyl (C=O) groups excluding carboxylic acids is 2. The van der Waals surface area contributed by atoms with Gasteiger partial charge in [-0.2, -0.15) is 0 Å². The van der Waals surface area contributed by atoms with Gasteiger partial charge in [-0.25, -0.2) is 0 Å². The Kier molecular flexibility index (Phi) is 4.89. The number of ether oxygens (including phenoxy) is 1. The maximum atomic E-state index is 11.5. The number of anilines is 1. The lowest BCUT2D eigenvalue weighted by Crippen LogP contribution is -2.14. The van der Waals surface area contributed by atoms with Crippen LogP contribution in [0.1, 0.15) is 10.4 Å². The van der Waals surface area contributed by atoms with Gasteiger partial charge in [0.1, 0.15) is 5.75 Å². The van der Waals surface area contributed by atoms with Crippen LogP contribution in [0.3, 0.4) is 0 Å². The molecule has 0 aromatic heterocycles. The van der Waals surface area contributed by atoms with E-state index < -0.39 is 5.91 Å². The molecule has 0 aliphatic rings. The van der Waals surface area contributed by atoms with Crippen molar-refractivity contribution in [2.24, 2.45) is 11.5 Å². The van der Waals surface area contributed by atoms with Crippen LogP contribution >= 0.6 is 0 Å². The average Bonchev–Trinajstić information content (AvgIpc) is 2.36. The minimum atomic E-state index is -0.578. The third-order valence-corrected chi connectivity index (χ3v) is 2.15. The van der Waals surface area contributed by atoms with Crippen LogP contribution in [-0.2, 0) is 4.79 Å². The van der Waals surface area contributed by atoms with E-state index in [0.717, 1.165) is 0 Å². The highest BCUT2D eigenvalue weighted by Crippen LogP contribution is 2.25. The molecule has 1 aromatic rings. The molecule has 96 valence electrons. The van der Waals surface area contributed by atoms with Gasteiger partial charge in [0.2, 0.25) is 11.8 Å². The first-order chi connectivity index (χ1) is 8.58. The van der Waals surface area contributed by atoms with Crippen molar-refractivity contribution in [2.45, 2.75) is 0 Å². The van der Waals surface area contributed by atoms with Crippen LogP contribution in [0.5, 0.6) is 5.75 Å². The van der Waals surface area contributed by atoms with Gasteiger partial charge in [-0.15, -0.1) is 0 Å². The van der Waals surface area contributed by atoms with E-state index in [4.69, 9.17) is 16.2 Å². The van der Waals surface area contributed by atoms with E-state index in [2.05, 4.69) is 5.32 Å². The molecule has 0 fully saturated rings. The lowest BCUT2D eigenvalue weighted by molar-refractivity contribution is -0.111. The molecule has 0 spiro atoms. The van der Waals surface area contributed by atoms with Crippen LogP contribution in [0.15, 0.2) is 30.4 Å². The number of nitrogens with two attached hydrogens (primary N) is 2. The van der Waals surface area contributed by atoms with Gasteiger partial charge in [0, 0.05) is 18.2 Å². The smallest absolute Gasteiger partial charge is 0.248 e. The molecule has 1 aromatic carbocycles. The topological polar surface area (TPSA) is 107 Å². The Morgan fingerprint density at radius 1 is 1.44 bits per heavy atom. The maximum absolute atomic E-state index is 11.5. The van der Waals surface area contributed by atoms with Crippen molar-refractivity contribution < 1.29 is 14.3 Å². The number of methoxy groups -OCH3 is 1. The number of primary amides is 1. The van der Waals surface area contributed by atoms with Crippen LogP contribution in [0.4, 0.5) is 5.69 Å². The first-order valence-electron chi connectivity index (χ1n) is 5.24. The highest BCUT2D eigenvalue weighted by molar-refractivity contribution is 6.02. The minimum absolute atomic E-state index is 0.270. The number of amides is 2. The molecule has 0 heterocycles. The number of hydrogen-bond donors (Lipinski definition) is 3. The Hall–Kier alpha value is -2.34. The van der Waals surface area contributed by atoms with E-state index in [1.807, 2.05) is 0 Å². The van der Waals surface area contributed by atoms with Crippen molar-refractivity contribution in [1.29, 1.82) is 0 Å². The van der Waals surface area contributed by atoms with Crippen LogP contribution in [0, 0.1) is 0 Å². The molecule has 0 bridgehead atoms. The first kappa shape index (κ1) is 13.7. The Morgan fingerprint density at radius 3 is 2.72 bits per heavy atom. The minimum Gasteiger partial charge on any atom is -0.495 e. The van der Waals surface area contributed by atoms with Crippen LogP contribution in [-0.4, -0.2) is 25.5 Å². The summed E-state index contributed by atoms with van der Waals surface area (Å²) in [6.07, 6.45) is 2.82.